The molecule has 1 saturated carbocycles. The fraction of sp³-hybridized carbons (Fsp3) is 0.917. The highest BCUT2D eigenvalue weighted by molar-refractivity contribution is 7.91. The number of rotatable bonds is 4. The smallest absolute Gasteiger partial charge is 0.152 e. The van der Waals surface area contributed by atoms with Gasteiger partial charge in [-0.1, -0.05) is 12.8 Å². The van der Waals surface area contributed by atoms with E-state index in [1.165, 1.54) is 0 Å². The molecule has 3 nitrogen and oxygen atoms in total. The average molecular weight is 246 g/mol. The van der Waals surface area contributed by atoms with Crippen LogP contribution in [0.4, 0.5) is 0 Å². The molecule has 1 aliphatic rings. The number of carbonyl (C=O) groups excluding carboxylic acids is 1. The second-order valence-corrected chi connectivity index (χ2v) is 7.64. The van der Waals surface area contributed by atoms with E-state index in [0.717, 1.165) is 25.7 Å². The first-order chi connectivity index (χ1) is 7.43. The van der Waals surface area contributed by atoms with Gasteiger partial charge in [-0.05, 0) is 33.1 Å². The van der Waals surface area contributed by atoms with Crippen LogP contribution in [0.5, 0.6) is 0 Å². The summed E-state index contributed by atoms with van der Waals surface area (Å²) in [6.45, 7) is 3.40. The maximum atomic E-state index is 11.7. The first kappa shape index (κ1) is 13.7. The van der Waals surface area contributed by atoms with Crippen molar-refractivity contribution in [2.75, 3.05) is 5.75 Å². The summed E-state index contributed by atoms with van der Waals surface area (Å²) in [6.07, 6.45) is 5.21. The van der Waals surface area contributed by atoms with Gasteiger partial charge in [0.2, 0.25) is 0 Å². The Morgan fingerprint density at radius 1 is 1.25 bits per heavy atom. The van der Waals surface area contributed by atoms with Crippen LogP contribution in [0.25, 0.3) is 0 Å². The van der Waals surface area contributed by atoms with Crippen molar-refractivity contribution >= 4 is 15.6 Å². The predicted octanol–water partition coefficient (Wildman–Crippen LogP) is 2.35. The van der Waals surface area contributed by atoms with Crippen LogP contribution in [0.1, 0.15) is 52.4 Å². The Labute approximate surface area is 98.5 Å². The summed E-state index contributed by atoms with van der Waals surface area (Å²) >= 11 is 0. The Hall–Kier alpha value is -0.380. The lowest BCUT2D eigenvalue weighted by Crippen LogP contribution is -2.22. The third-order valence-electron chi connectivity index (χ3n) is 3.40. The molecule has 0 amide bonds. The van der Waals surface area contributed by atoms with Crippen molar-refractivity contribution in [3.05, 3.63) is 0 Å². The molecule has 0 spiro atoms. The van der Waals surface area contributed by atoms with Crippen LogP contribution in [0, 0.1) is 5.92 Å². The number of hydrogen-bond donors (Lipinski definition) is 0. The second-order valence-electron chi connectivity index (χ2n) is 4.97. The monoisotopic (exact) mass is 246 g/mol. The van der Waals surface area contributed by atoms with Gasteiger partial charge in [-0.2, -0.15) is 0 Å². The molecule has 4 heteroatoms. The highest BCUT2D eigenvalue weighted by atomic mass is 32.2. The molecule has 1 atom stereocenters. The maximum Gasteiger partial charge on any atom is 0.152 e. The van der Waals surface area contributed by atoms with Crippen LogP contribution in [0.15, 0.2) is 0 Å². The first-order valence-corrected chi connectivity index (χ1v) is 7.89. The van der Waals surface area contributed by atoms with Crippen molar-refractivity contribution in [3.63, 3.8) is 0 Å². The zero-order valence-corrected chi connectivity index (χ0v) is 11.1. The molecule has 0 aromatic rings. The first-order valence-electron chi connectivity index (χ1n) is 6.18. The summed E-state index contributed by atoms with van der Waals surface area (Å²) < 4.78 is 23.3. The molecule has 0 aliphatic heterocycles. The van der Waals surface area contributed by atoms with Crippen LogP contribution < -0.4 is 0 Å². The van der Waals surface area contributed by atoms with E-state index in [-0.39, 0.29) is 22.7 Å². The quantitative estimate of drug-likeness (QED) is 0.715. The molecule has 1 aliphatic carbocycles. The lowest BCUT2D eigenvalue weighted by Gasteiger charge is -2.14. The van der Waals surface area contributed by atoms with E-state index in [0.29, 0.717) is 12.8 Å². The van der Waals surface area contributed by atoms with Gasteiger partial charge in [-0.3, -0.25) is 4.79 Å². The Balaban J connectivity index is 2.50. The SMILES string of the molecule is CC(C)S(=O)(=O)CCC1CCCCCC1=O. The minimum absolute atomic E-state index is 0.00368. The van der Waals surface area contributed by atoms with Crippen LogP contribution in [-0.4, -0.2) is 25.2 Å². The second kappa shape index (κ2) is 5.80. The topological polar surface area (TPSA) is 51.2 Å². The Bertz CT molecular complexity index is 330. The van der Waals surface area contributed by atoms with Crippen molar-refractivity contribution in [1.82, 2.24) is 0 Å². The molecule has 0 heterocycles. The molecule has 1 fully saturated rings. The molecule has 1 unspecified atom stereocenters. The number of ketones is 1. The Kier molecular flexibility index (Phi) is 4.96. The lowest BCUT2D eigenvalue weighted by atomic mass is 9.96. The van der Waals surface area contributed by atoms with Crippen molar-refractivity contribution in [2.24, 2.45) is 5.92 Å². The number of Topliss-reactive ketones (excluding diaryl/α,β-unsaturated/α-hetero) is 1. The van der Waals surface area contributed by atoms with Gasteiger partial charge >= 0.3 is 0 Å². The van der Waals surface area contributed by atoms with Gasteiger partial charge in [-0.25, -0.2) is 8.42 Å². The molecule has 0 aromatic carbocycles. The van der Waals surface area contributed by atoms with Crippen LogP contribution in [0.3, 0.4) is 0 Å². The third kappa shape index (κ3) is 3.89. The standard InChI is InChI=1S/C12H22O3S/c1-10(2)16(14,15)9-8-11-6-4-3-5-7-12(11)13/h10-11H,3-9H2,1-2H3. The molecule has 94 valence electrons. The molecular weight excluding hydrogens is 224 g/mol. The van der Waals surface area contributed by atoms with E-state index < -0.39 is 9.84 Å². The van der Waals surface area contributed by atoms with Crippen LogP contribution in [0.2, 0.25) is 0 Å². The van der Waals surface area contributed by atoms with Crippen molar-refractivity contribution < 1.29 is 13.2 Å². The summed E-state index contributed by atoms with van der Waals surface area (Å²) in [5, 5.41) is -0.326. The molecule has 0 bridgehead atoms. The fourth-order valence-corrected chi connectivity index (χ4v) is 3.16. The van der Waals surface area contributed by atoms with Gasteiger partial charge in [0, 0.05) is 12.3 Å². The largest absolute Gasteiger partial charge is 0.299 e. The van der Waals surface area contributed by atoms with E-state index >= 15 is 0 Å². The minimum atomic E-state index is -2.99. The van der Waals surface area contributed by atoms with Crippen LogP contribution in [-0.2, 0) is 14.6 Å². The normalized spacial score (nSPS) is 23.4. The van der Waals surface area contributed by atoms with Gasteiger partial charge < -0.3 is 0 Å². The van der Waals surface area contributed by atoms with E-state index in [9.17, 15) is 13.2 Å². The van der Waals surface area contributed by atoms with Crippen LogP contribution >= 0.6 is 0 Å². The van der Waals surface area contributed by atoms with E-state index in [4.69, 9.17) is 0 Å². The number of hydrogen-bond acceptors (Lipinski definition) is 3. The Morgan fingerprint density at radius 3 is 2.56 bits per heavy atom. The zero-order chi connectivity index (χ0) is 12.2. The number of carbonyl (C=O) groups is 1. The minimum Gasteiger partial charge on any atom is -0.299 e. The fourth-order valence-electron chi connectivity index (χ4n) is 2.08. The van der Waals surface area contributed by atoms with Gasteiger partial charge in [0.1, 0.15) is 5.78 Å². The molecule has 1 rings (SSSR count). The summed E-state index contributed by atoms with van der Waals surface area (Å²) in [4.78, 5) is 11.7. The molecule has 0 saturated heterocycles. The van der Waals surface area contributed by atoms with Gasteiger partial charge in [0.25, 0.3) is 0 Å². The summed E-state index contributed by atoms with van der Waals surface area (Å²) in [5.74, 6) is 0.439. The van der Waals surface area contributed by atoms with Crippen molar-refractivity contribution in [1.29, 1.82) is 0 Å². The zero-order valence-electron chi connectivity index (χ0n) is 10.2. The van der Waals surface area contributed by atoms with Crippen molar-refractivity contribution in [3.8, 4) is 0 Å². The Morgan fingerprint density at radius 2 is 1.94 bits per heavy atom. The van der Waals surface area contributed by atoms with Gasteiger partial charge in [-0.15, -0.1) is 0 Å². The maximum absolute atomic E-state index is 11.7. The molecule has 0 radical (unpaired) electrons. The highest BCUT2D eigenvalue weighted by Crippen LogP contribution is 2.23. The van der Waals surface area contributed by atoms with E-state index in [2.05, 4.69) is 0 Å². The predicted molar refractivity (Wildman–Crippen MR) is 65.1 cm³/mol. The van der Waals surface area contributed by atoms with E-state index in [1.807, 2.05) is 0 Å². The highest BCUT2D eigenvalue weighted by Gasteiger charge is 2.24. The summed E-state index contributed by atoms with van der Waals surface area (Å²) in [7, 11) is -2.99. The number of sulfone groups is 1. The summed E-state index contributed by atoms with van der Waals surface area (Å²) in [6, 6.07) is 0. The van der Waals surface area contributed by atoms with Gasteiger partial charge in [0.15, 0.2) is 9.84 Å². The van der Waals surface area contributed by atoms with E-state index in [1.54, 1.807) is 13.8 Å². The van der Waals surface area contributed by atoms with Crippen molar-refractivity contribution in [2.45, 2.75) is 57.6 Å². The molecule has 0 aromatic heterocycles. The molecular formula is C12H22O3S. The molecule has 16 heavy (non-hydrogen) atoms. The average Bonchev–Trinajstić information content (AvgIpc) is 2.40. The van der Waals surface area contributed by atoms with Gasteiger partial charge in [0.05, 0.1) is 11.0 Å². The third-order valence-corrected chi connectivity index (χ3v) is 5.64. The lowest BCUT2D eigenvalue weighted by molar-refractivity contribution is -0.122. The molecule has 0 N–H and O–H groups in total. The summed E-state index contributed by atoms with van der Waals surface area (Å²) in [5.41, 5.74) is 0.